The third kappa shape index (κ3) is 1.71. The molecule has 8 heteroatoms. The lowest BCUT2D eigenvalue weighted by Crippen LogP contribution is -2.66. The van der Waals surface area contributed by atoms with Crippen LogP contribution in [-0.2, 0) is 10.5 Å². The summed E-state index contributed by atoms with van der Waals surface area (Å²) >= 11 is 0. The molecule has 0 aliphatic carbocycles. The molecule has 3 rings (SSSR count). The molecule has 20 heavy (non-hydrogen) atoms. The molecule has 106 valence electrons. The summed E-state index contributed by atoms with van der Waals surface area (Å²) in [5.41, 5.74) is -3.10. The van der Waals surface area contributed by atoms with Crippen molar-refractivity contribution in [3.63, 3.8) is 0 Å². The van der Waals surface area contributed by atoms with Crippen molar-refractivity contribution >= 4 is 12.1 Å². The predicted octanol–water partition coefficient (Wildman–Crippen LogP) is 1.81. The van der Waals surface area contributed by atoms with Crippen LogP contribution in [0.2, 0.25) is 0 Å². The normalized spacial score (nSPS) is 25.6. The number of rotatable bonds is 1. The lowest BCUT2D eigenvalue weighted by molar-refractivity contribution is -0.274. The van der Waals surface area contributed by atoms with Crippen molar-refractivity contribution in [1.82, 2.24) is 10.2 Å². The van der Waals surface area contributed by atoms with Gasteiger partial charge < -0.3 is 4.74 Å². The van der Waals surface area contributed by atoms with Gasteiger partial charge in [0, 0.05) is 5.56 Å². The number of alkyl halides is 3. The van der Waals surface area contributed by atoms with Gasteiger partial charge in [0.2, 0.25) is 0 Å². The van der Waals surface area contributed by atoms with Gasteiger partial charge in [-0.05, 0) is 0 Å². The van der Waals surface area contributed by atoms with Crippen LogP contribution in [0.1, 0.15) is 5.56 Å². The molecular formula is C12H10F3N3O2. The number of nitrogens with zero attached hydrogens (tertiary/aromatic N) is 2. The Balaban J connectivity index is 2.11. The molecule has 1 fully saturated rings. The predicted molar refractivity (Wildman–Crippen MR) is 62.8 cm³/mol. The van der Waals surface area contributed by atoms with Crippen LogP contribution in [0.15, 0.2) is 35.3 Å². The minimum atomic E-state index is -4.82. The number of carbonyl (C=O) groups excluding carboxylic acids is 1. The van der Waals surface area contributed by atoms with E-state index in [-0.39, 0.29) is 24.7 Å². The van der Waals surface area contributed by atoms with Crippen molar-refractivity contribution in [1.29, 1.82) is 0 Å². The molecule has 5 nitrogen and oxygen atoms in total. The zero-order valence-electron chi connectivity index (χ0n) is 10.1. The number of urea groups is 1. The monoisotopic (exact) mass is 285 g/mol. The first-order valence-corrected chi connectivity index (χ1v) is 5.89. The number of amidine groups is 1. The second kappa shape index (κ2) is 4.12. The molecule has 2 aliphatic rings. The van der Waals surface area contributed by atoms with Crippen LogP contribution in [0.5, 0.6) is 0 Å². The zero-order valence-corrected chi connectivity index (χ0v) is 10.1. The molecule has 0 saturated carbocycles. The quantitative estimate of drug-likeness (QED) is 0.855. The van der Waals surface area contributed by atoms with Gasteiger partial charge in [-0.1, -0.05) is 30.3 Å². The average molecular weight is 285 g/mol. The van der Waals surface area contributed by atoms with Gasteiger partial charge in [-0.25, -0.2) is 14.7 Å². The summed E-state index contributed by atoms with van der Waals surface area (Å²) in [4.78, 5) is 16.7. The lowest BCUT2D eigenvalue weighted by Gasteiger charge is -2.41. The van der Waals surface area contributed by atoms with Crippen LogP contribution in [0.4, 0.5) is 18.0 Å². The fourth-order valence-corrected chi connectivity index (χ4v) is 2.18. The number of hydrogen-bond acceptors (Lipinski definition) is 3. The zero-order chi connectivity index (χ0) is 14.4. The largest absolute Gasteiger partial charge is 0.453 e. The minimum absolute atomic E-state index is 0.199. The number of carbonyl (C=O) groups is 1. The van der Waals surface area contributed by atoms with E-state index < -0.39 is 17.9 Å². The van der Waals surface area contributed by atoms with Gasteiger partial charge in [-0.2, -0.15) is 13.2 Å². The standard InChI is InChI=1S/C12H10F3N3O2/c13-12(14,15)11(8-4-2-1-3-5-8)17-9(19)18-7-6-16-10(18)20-11/h1-5H,6-7H2,(H,17,19). The molecule has 1 saturated heterocycles. The van der Waals surface area contributed by atoms with Crippen molar-refractivity contribution < 1.29 is 22.7 Å². The molecule has 2 heterocycles. The summed E-state index contributed by atoms with van der Waals surface area (Å²) in [6.45, 7) is 0.440. The Labute approximate surface area is 112 Å². The maximum atomic E-state index is 13.5. The highest BCUT2D eigenvalue weighted by atomic mass is 19.4. The summed E-state index contributed by atoms with van der Waals surface area (Å²) in [7, 11) is 0. The van der Waals surface area contributed by atoms with Crippen molar-refractivity contribution in [2.75, 3.05) is 13.1 Å². The number of halogens is 3. The van der Waals surface area contributed by atoms with Crippen molar-refractivity contribution in [2.45, 2.75) is 11.9 Å². The molecule has 2 amide bonds. The van der Waals surface area contributed by atoms with Crippen molar-refractivity contribution in [3.05, 3.63) is 35.9 Å². The van der Waals surface area contributed by atoms with Gasteiger partial charge in [0.25, 0.3) is 6.02 Å². The molecule has 1 aromatic rings. The van der Waals surface area contributed by atoms with E-state index in [9.17, 15) is 18.0 Å². The minimum Gasteiger partial charge on any atom is -0.424 e. The van der Waals surface area contributed by atoms with Crippen molar-refractivity contribution in [3.8, 4) is 0 Å². The van der Waals surface area contributed by atoms with Gasteiger partial charge in [0.05, 0.1) is 13.1 Å². The molecule has 0 bridgehead atoms. The summed E-state index contributed by atoms with van der Waals surface area (Å²) in [6, 6.07) is 5.81. The fraction of sp³-hybridized carbons (Fsp3) is 0.333. The Morgan fingerprint density at radius 1 is 1.30 bits per heavy atom. The topological polar surface area (TPSA) is 53.9 Å². The number of amides is 2. The Hall–Kier alpha value is -2.25. The molecule has 0 radical (unpaired) electrons. The van der Waals surface area contributed by atoms with Crippen molar-refractivity contribution in [2.24, 2.45) is 4.99 Å². The van der Waals surface area contributed by atoms with E-state index in [0.29, 0.717) is 0 Å². The first-order chi connectivity index (χ1) is 9.44. The van der Waals surface area contributed by atoms with E-state index in [1.807, 2.05) is 5.32 Å². The Morgan fingerprint density at radius 2 is 2.00 bits per heavy atom. The van der Waals surface area contributed by atoms with Crippen LogP contribution in [0.3, 0.4) is 0 Å². The number of nitrogens with one attached hydrogen (secondary N) is 1. The van der Waals surface area contributed by atoms with Gasteiger partial charge in [-0.15, -0.1) is 0 Å². The maximum absolute atomic E-state index is 13.5. The molecule has 1 aromatic carbocycles. The highest BCUT2D eigenvalue weighted by molar-refractivity contribution is 5.97. The third-order valence-electron chi connectivity index (χ3n) is 3.15. The van der Waals surface area contributed by atoms with Crippen LogP contribution in [0.25, 0.3) is 0 Å². The number of fused-ring (bicyclic) bond motifs is 1. The summed E-state index contributed by atoms with van der Waals surface area (Å²) < 4.78 is 45.5. The highest BCUT2D eigenvalue weighted by Crippen LogP contribution is 2.42. The molecule has 1 atom stereocenters. The third-order valence-corrected chi connectivity index (χ3v) is 3.15. The molecule has 2 aliphatic heterocycles. The van der Waals surface area contributed by atoms with E-state index in [2.05, 4.69) is 4.99 Å². The van der Waals surface area contributed by atoms with Crippen LogP contribution >= 0.6 is 0 Å². The highest BCUT2D eigenvalue weighted by Gasteiger charge is 2.64. The van der Waals surface area contributed by atoms with Gasteiger partial charge in [0.1, 0.15) is 0 Å². The van der Waals surface area contributed by atoms with E-state index in [1.165, 1.54) is 24.3 Å². The Bertz CT molecular complexity index is 573. The van der Waals surface area contributed by atoms with E-state index in [0.717, 1.165) is 4.90 Å². The lowest BCUT2D eigenvalue weighted by atomic mass is 10.0. The molecule has 0 spiro atoms. The summed E-state index contributed by atoms with van der Waals surface area (Å²) in [6.07, 6.45) is -4.82. The van der Waals surface area contributed by atoms with E-state index in [4.69, 9.17) is 4.74 Å². The summed E-state index contributed by atoms with van der Waals surface area (Å²) in [5.74, 6) is 0. The number of ether oxygens (including phenoxy) is 1. The fourth-order valence-electron chi connectivity index (χ4n) is 2.18. The first-order valence-electron chi connectivity index (χ1n) is 5.89. The molecule has 1 unspecified atom stereocenters. The smallest absolute Gasteiger partial charge is 0.424 e. The molecular weight excluding hydrogens is 275 g/mol. The van der Waals surface area contributed by atoms with Gasteiger partial charge >= 0.3 is 17.9 Å². The first kappa shape index (κ1) is 12.8. The maximum Gasteiger partial charge on any atom is 0.453 e. The Morgan fingerprint density at radius 3 is 2.65 bits per heavy atom. The molecule has 0 aromatic heterocycles. The number of hydrogen-bond donors (Lipinski definition) is 1. The second-order valence-electron chi connectivity index (χ2n) is 4.39. The second-order valence-corrected chi connectivity index (χ2v) is 4.39. The van der Waals surface area contributed by atoms with Crippen LogP contribution in [-0.4, -0.2) is 36.2 Å². The summed E-state index contributed by atoms with van der Waals surface area (Å²) in [5, 5.41) is 1.92. The van der Waals surface area contributed by atoms with Crippen LogP contribution < -0.4 is 5.32 Å². The van der Waals surface area contributed by atoms with E-state index >= 15 is 0 Å². The van der Waals surface area contributed by atoms with Gasteiger partial charge in [-0.3, -0.25) is 5.32 Å². The van der Waals surface area contributed by atoms with E-state index in [1.54, 1.807) is 6.07 Å². The average Bonchev–Trinajstić information content (AvgIpc) is 2.87. The Kier molecular flexibility index (Phi) is 2.63. The number of benzene rings is 1. The molecule has 1 N–H and O–H groups in total. The number of aliphatic imine (C=N–C) groups is 1. The van der Waals surface area contributed by atoms with Crippen LogP contribution in [0, 0.1) is 0 Å². The SMILES string of the molecule is O=C1NC(c2ccccc2)(C(F)(F)F)OC2=NCCN12. The van der Waals surface area contributed by atoms with Gasteiger partial charge in [0.15, 0.2) is 0 Å².